The zero-order chi connectivity index (χ0) is 14.4. The molecule has 1 saturated carbocycles. The monoisotopic (exact) mass is 282 g/mol. The predicted molar refractivity (Wildman–Crippen MR) is 78.7 cm³/mol. The number of carbonyl (C=O) groups is 1. The molecule has 1 saturated heterocycles. The highest BCUT2D eigenvalue weighted by atomic mass is 16.5. The lowest BCUT2D eigenvalue weighted by atomic mass is 9.93. The van der Waals surface area contributed by atoms with Gasteiger partial charge in [0.25, 0.3) is 0 Å². The number of amides is 1. The Balaban J connectivity index is 1.71. The number of rotatable bonds is 4. The Kier molecular flexibility index (Phi) is 5.64. The molecule has 6 heteroatoms. The van der Waals surface area contributed by atoms with E-state index in [-0.39, 0.29) is 12.5 Å². The van der Waals surface area contributed by atoms with Crippen LogP contribution in [0, 0.1) is 0 Å². The summed E-state index contributed by atoms with van der Waals surface area (Å²) in [6, 6.07) is 0.984. The Hall–Kier alpha value is -1.30. The number of aliphatic imine (C=N–C) groups is 1. The highest BCUT2D eigenvalue weighted by Gasteiger charge is 2.24. The van der Waals surface area contributed by atoms with Crippen molar-refractivity contribution in [3.63, 3.8) is 0 Å². The Bertz CT molecular complexity index is 347. The molecule has 0 atom stereocenters. The van der Waals surface area contributed by atoms with Crippen LogP contribution in [0.3, 0.4) is 0 Å². The standard InChI is InChI=1S/C14H26N4O2/c1-15-14(16-11-4-3-5-11)17-12-6-8-18(9-7-12)13(19)10-20-2/h11-12H,3-10H2,1-2H3,(H2,15,16,17). The van der Waals surface area contributed by atoms with Crippen molar-refractivity contribution in [1.82, 2.24) is 15.5 Å². The van der Waals surface area contributed by atoms with Crippen LogP contribution in [0.2, 0.25) is 0 Å². The third-order valence-corrected chi connectivity index (χ3v) is 4.13. The molecule has 0 unspecified atom stereocenters. The van der Waals surface area contributed by atoms with E-state index in [2.05, 4.69) is 15.6 Å². The number of hydrogen-bond acceptors (Lipinski definition) is 3. The highest BCUT2D eigenvalue weighted by molar-refractivity contribution is 5.80. The van der Waals surface area contributed by atoms with Crippen molar-refractivity contribution < 1.29 is 9.53 Å². The lowest BCUT2D eigenvalue weighted by Gasteiger charge is -2.34. The SMILES string of the molecule is CN=C(NC1CCC1)NC1CCN(C(=O)COC)CC1. The Morgan fingerprint density at radius 1 is 1.20 bits per heavy atom. The van der Waals surface area contributed by atoms with Crippen LogP contribution in [0.15, 0.2) is 4.99 Å². The molecule has 114 valence electrons. The topological polar surface area (TPSA) is 66.0 Å². The number of piperidine rings is 1. The van der Waals surface area contributed by atoms with Crippen LogP contribution in [-0.2, 0) is 9.53 Å². The third kappa shape index (κ3) is 4.10. The highest BCUT2D eigenvalue weighted by Crippen LogP contribution is 2.18. The van der Waals surface area contributed by atoms with E-state index in [1.807, 2.05) is 11.9 Å². The summed E-state index contributed by atoms with van der Waals surface area (Å²) in [5.74, 6) is 0.985. The van der Waals surface area contributed by atoms with Gasteiger partial charge in [-0.1, -0.05) is 0 Å². The van der Waals surface area contributed by atoms with E-state index in [1.54, 1.807) is 7.11 Å². The molecule has 2 N–H and O–H groups in total. The van der Waals surface area contributed by atoms with Crippen LogP contribution in [0.4, 0.5) is 0 Å². The van der Waals surface area contributed by atoms with Gasteiger partial charge in [-0.2, -0.15) is 0 Å². The Labute approximate surface area is 121 Å². The number of nitrogens with one attached hydrogen (secondary N) is 2. The molecule has 0 spiro atoms. The molecule has 1 aliphatic carbocycles. The van der Waals surface area contributed by atoms with Gasteiger partial charge in [-0.25, -0.2) is 0 Å². The summed E-state index contributed by atoms with van der Waals surface area (Å²) in [4.78, 5) is 17.9. The number of ether oxygens (including phenoxy) is 1. The quantitative estimate of drug-likeness (QED) is 0.576. The number of guanidine groups is 1. The molecule has 2 aliphatic rings. The average Bonchev–Trinajstić information content (AvgIpc) is 2.42. The number of hydrogen-bond donors (Lipinski definition) is 2. The predicted octanol–water partition coefficient (Wildman–Crippen LogP) is 0.341. The molecule has 0 aromatic carbocycles. The first kappa shape index (κ1) is 15.1. The fourth-order valence-corrected chi connectivity index (χ4v) is 2.60. The normalized spacial score (nSPS) is 21.5. The number of methoxy groups -OCH3 is 1. The summed E-state index contributed by atoms with van der Waals surface area (Å²) in [7, 11) is 3.37. The van der Waals surface area contributed by atoms with Gasteiger partial charge in [0, 0.05) is 39.3 Å². The van der Waals surface area contributed by atoms with Crippen molar-refractivity contribution in [3.05, 3.63) is 0 Å². The summed E-state index contributed by atoms with van der Waals surface area (Å²) in [5.41, 5.74) is 0. The second-order valence-electron chi connectivity index (χ2n) is 5.58. The van der Waals surface area contributed by atoms with Crippen molar-refractivity contribution in [1.29, 1.82) is 0 Å². The van der Waals surface area contributed by atoms with Crippen LogP contribution >= 0.6 is 0 Å². The van der Waals surface area contributed by atoms with Crippen LogP contribution in [0.1, 0.15) is 32.1 Å². The van der Waals surface area contributed by atoms with E-state index in [0.29, 0.717) is 12.1 Å². The van der Waals surface area contributed by atoms with Crippen molar-refractivity contribution in [3.8, 4) is 0 Å². The zero-order valence-corrected chi connectivity index (χ0v) is 12.5. The van der Waals surface area contributed by atoms with E-state index >= 15 is 0 Å². The van der Waals surface area contributed by atoms with Crippen LogP contribution in [0.5, 0.6) is 0 Å². The molecule has 0 radical (unpaired) electrons. The molecule has 0 aromatic rings. The summed E-state index contributed by atoms with van der Waals surface area (Å²) in [5, 5.41) is 6.91. The largest absolute Gasteiger partial charge is 0.375 e. The summed E-state index contributed by atoms with van der Waals surface area (Å²) >= 11 is 0. The number of carbonyl (C=O) groups excluding carboxylic acids is 1. The van der Waals surface area contributed by atoms with Crippen LogP contribution < -0.4 is 10.6 Å². The van der Waals surface area contributed by atoms with E-state index in [9.17, 15) is 4.79 Å². The van der Waals surface area contributed by atoms with Gasteiger partial charge in [-0.15, -0.1) is 0 Å². The molecule has 6 nitrogen and oxygen atoms in total. The molecular formula is C14H26N4O2. The lowest BCUT2D eigenvalue weighted by Crippen LogP contribution is -2.53. The molecule has 1 amide bonds. The Morgan fingerprint density at radius 3 is 2.25 bits per heavy atom. The van der Waals surface area contributed by atoms with Gasteiger partial charge < -0.3 is 20.3 Å². The molecule has 2 rings (SSSR count). The lowest BCUT2D eigenvalue weighted by molar-refractivity contribution is -0.136. The first-order chi connectivity index (χ1) is 9.72. The van der Waals surface area contributed by atoms with Gasteiger partial charge in [0.1, 0.15) is 6.61 Å². The van der Waals surface area contributed by atoms with Crippen LogP contribution in [0.25, 0.3) is 0 Å². The van der Waals surface area contributed by atoms with Crippen molar-refractivity contribution in [2.75, 3.05) is 33.9 Å². The summed E-state index contributed by atoms with van der Waals surface area (Å²) in [6.45, 7) is 1.77. The number of nitrogens with zero attached hydrogens (tertiary/aromatic N) is 2. The van der Waals surface area contributed by atoms with Crippen molar-refractivity contribution >= 4 is 11.9 Å². The molecule has 2 fully saturated rings. The zero-order valence-electron chi connectivity index (χ0n) is 12.5. The molecule has 0 bridgehead atoms. The first-order valence-corrected chi connectivity index (χ1v) is 7.49. The minimum Gasteiger partial charge on any atom is -0.375 e. The second-order valence-corrected chi connectivity index (χ2v) is 5.58. The van der Waals surface area contributed by atoms with E-state index in [4.69, 9.17) is 4.74 Å². The van der Waals surface area contributed by atoms with E-state index < -0.39 is 0 Å². The van der Waals surface area contributed by atoms with E-state index in [1.165, 1.54) is 19.3 Å². The van der Waals surface area contributed by atoms with Gasteiger partial charge in [0.05, 0.1) is 0 Å². The van der Waals surface area contributed by atoms with Gasteiger partial charge in [0.15, 0.2) is 5.96 Å². The van der Waals surface area contributed by atoms with Crippen LogP contribution in [-0.4, -0.2) is 62.7 Å². The van der Waals surface area contributed by atoms with E-state index in [0.717, 1.165) is 31.9 Å². The first-order valence-electron chi connectivity index (χ1n) is 7.49. The molecule has 1 aliphatic heterocycles. The maximum atomic E-state index is 11.7. The molecule has 0 aromatic heterocycles. The Morgan fingerprint density at radius 2 is 1.80 bits per heavy atom. The average molecular weight is 282 g/mol. The fourth-order valence-electron chi connectivity index (χ4n) is 2.60. The van der Waals surface area contributed by atoms with Gasteiger partial charge >= 0.3 is 0 Å². The van der Waals surface area contributed by atoms with Crippen molar-refractivity contribution in [2.45, 2.75) is 44.2 Å². The van der Waals surface area contributed by atoms with Gasteiger partial charge in [-0.05, 0) is 32.1 Å². The summed E-state index contributed by atoms with van der Waals surface area (Å²) < 4.78 is 4.89. The fraction of sp³-hybridized carbons (Fsp3) is 0.857. The molecule has 1 heterocycles. The summed E-state index contributed by atoms with van der Waals surface area (Å²) in [6.07, 6.45) is 5.71. The smallest absolute Gasteiger partial charge is 0.248 e. The molecular weight excluding hydrogens is 256 g/mol. The molecule has 20 heavy (non-hydrogen) atoms. The van der Waals surface area contributed by atoms with Gasteiger partial charge in [-0.3, -0.25) is 9.79 Å². The maximum absolute atomic E-state index is 11.7. The minimum absolute atomic E-state index is 0.0860. The second kappa shape index (κ2) is 7.47. The maximum Gasteiger partial charge on any atom is 0.248 e. The van der Waals surface area contributed by atoms with Gasteiger partial charge in [0.2, 0.25) is 5.91 Å². The van der Waals surface area contributed by atoms with Crippen molar-refractivity contribution in [2.24, 2.45) is 4.99 Å². The third-order valence-electron chi connectivity index (χ3n) is 4.13. The minimum atomic E-state index is 0.0860. The number of likely N-dealkylation sites (tertiary alicyclic amines) is 1.